The second kappa shape index (κ2) is 3.51. The average molecular weight is 169 g/mol. The van der Waals surface area contributed by atoms with Crippen molar-refractivity contribution in [2.24, 2.45) is 0 Å². The zero-order valence-electron chi connectivity index (χ0n) is 6.07. The summed E-state index contributed by atoms with van der Waals surface area (Å²) in [5, 5.41) is 10.7. The minimum atomic E-state index is -1.01. The molecule has 0 aromatic carbocycles. The summed E-state index contributed by atoms with van der Waals surface area (Å²) in [6, 6.07) is 1.24. The van der Waals surface area contributed by atoms with E-state index in [4.69, 9.17) is 5.11 Å². The Morgan fingerprint density at radius 1 is 1.75 bits per heavy atom. The van der Waals surface area contributed by atoms with Gasteiger partial charge in [0.1, 0.15) is 6.54 Å². The number of nitrogens with one attached hydrogen (secondary N) is 2. The molecule has 6 nitrogen and oxygen atoms in total. The van der Waals surface area contributed by atoms with Crippen LogP contribution in [0.3, 0.4) is 0 Å². The number of hydrogen-bond acceptors (Lipinski definition) is 4. The summed E-state index contributed by atoms with van der Waals surface area (Å²) in [6.45, 7) is -0.271. The molecule has 0 bridgehead atoms. The van der Waals surface area contributed by atoms with E-state index in [0.717, 1.165) is 0 Å². The van der Waals surface area contributed by atoms with Crippen molar-refractivity contribution in [1.82, 2.24) is 9.97 Å². The van der Waals surface area contributed by atoms with Gasteiger partial charge in [-0.15, -0.1) is 0 Å². The fraction of sp³-hybridized carbons (Fsp3) is 0.167. The molecule has 0 amide bonds. The Kier molecular flexibility index (Phi) is 2.42. The highest BCUT2D eigenvalue weighted by atomic mass is 16.4. The van der Waals surface area contributed by atoms with Crippen LogP contribution in [0.4, 0.5) is 5.95 Å². The minimum absolute atomic E-state index is 0.157. The molecular weight excluding hydrogens is 162 g/mol. The summed E-state index contributed by atoms with van der Waals surface area (Å²) in [7, 11) is 0. The van der Waals surface area contributed by atoms with Crippen LogP contribution in [-0.2, 0) is 4.79 Å². The number of H-pyrrole nitrogens is 1. The van der Waals surface area contributed by atoms with Crippen molar-refractivity contribution in [2.75, 3.05) is 11.9 Å². The lowest BCUT2D eigenvalue weighted by molar-refractivity contribution is -0.134. The lowest BCUT2D eigenvalue weighted by Gasteiger charge is -1.99. The number of carboxylic acids is 1. The van der Waals surface area contributed by atoms with Crippen molar-refractivity contribution in [2.45, 2.75) is 0 Å². The average Bonchev–Trinajstić information content (AvgIpc) is 2.01. The molecule has 0 atom stereocenters. The van der Waals surface area contributed by atoms with Gasteiger partial charge < -0.3 is 10.4 Å². The standard InChI is InChI=1S/C6H7N3O3/c10-4-1-2-7-6(9-4)8-3-5(11)12/h1-2H,3H2,(H,11,12)(H2,7,8,9,10). The van der Waals surface area contributed by atoms with Crippen LogP contribution in [0.15, 0.2) is 17.1 Å². The fourth-order valence-electron chi connectivity index (χ4n) is 0.619. The first-order chi connectivity index (χ1) is 5.68. The molecule has 0 aliphatic heterocycles. The topological polar surface area (TPSA) is 95.1 Å². The summed E-state index contributed by atoms with van der Waals surface area (Å²) in [5.74, 6) is -0.855. The van der Waals surface area contributed by atoms with E-state index in [1.807, 2.05) is 0 Å². The first-order valence-corrected chi connectivity index (χ1v) is 3.19. The van der Waals surface area contributed by atoms with Crippen molar-refractivity contribution in [3.8, 4) is 0 Å². The van der Waals surface area contributed by atoms with E-state index in [9.17, 15) is 9.59 Å². The van der Waals surface area contributed by atoms with Gasteiger partial charge in [-0.05, 0) is 0 Å². The molecule has 0 saturated heterocycles. The maximum atomic E-state index is 10.7. The van der Waals surface area contributed by atoms with Crippen LogP contribution in [0.5, 0.6) is 0 Å². The molecule has 1 rings (SSSR count). The van der Waals surface area contributed by atoms with Gasteiger partial charge in [0.2, 0.25) is 5.95 Å². The van der Waals surface area contributed by atoms with Crippen LogP contribution >= 0.6 is 0 Å². The predicted molar refractivity (Wildman–Crippen MR) is 41.0 cm³/mol. The Hall–Kier alpha value is -1.85. The number of aliphatic carboxylic acids is 1. The van der Waals surface area contributed by atoms with E-state index in [2.05, 4.69) is 15.3 Å². The molecular formula is C6H7N3O3. The van der Waals surface area contributed by atoms with E-state index in [1.54, 1.807) is 0 Å². The van der Waals surface area contributed by atoms with Gasteiger partial charge in [-0.2, -0.15) is 0 Å². The number of rotatable bonds is 3. The molecule has 0 aliphatic carbocycles. The van der Waals surface area contributed by atoms with Gasteiger partial charge in [-0.25, -0.2) is 4.98 Å². The number of carboxylic acid groups (broad SMARTS) is 1. The SMILES string of the molecule is O=C(O)CNc1nccc(=O)[nH]1. The zero-order valence-corrected chi connectivity index (χ0v) is 6.07. The number of carbonyl (C=O) groups is 1. The van der Waals surface area contributed by atoms with Crippen LogP contribution < -0.4 is 10.9 Å². The predicted octanol–water partition coefficient (Wildman–Crippen LogP) is -0.734. The molecule has 0 unspecified atom stereocenters. The third-order valence-electron chi connectivity index (χ3n) is 1.08. The Morgan fingerprint density at radius 3 is 3.08 bits per heavy atom. The van der Waals surface area contributed by atoms with Gasteiger partial charge in [0.15, 0.2) is 0 Å². The van der Waals surface area contributed by atoms with Gasteiger partial charge in [-0.1, -0.05) is 0 Å². The highest BCUT2D eigenvalue weighted by Crippen LogP contribution is 1.88. The van der Waals surface area contributed by atoms with Gasteiger partial charge in [-0.3, -0.25) is 14.6 Å². The van der Waals surface area contributed by atoms with E-state index >= 15 is 0 Å². The Morgan fingerprint density at radius 2 is 2.50 bits per heavy atom. The molecule has 1 aromatic rings. The lowest BCUT2D eigenvalue weighted by Crippen LogP contribution is -2.17. The quantitative estimate of drug-likeness (QED) is 0.554. The van der Waals surface area contributed by atoms with E-state index < -0.39 is 5.97 Å². The van der Waals surface area contributed by atoms with Crippen LogP contribution in [0.1, 0.15) is 0 Å². The Bertz CT molecular complexity index is 333. The van der Waals surface area contributed by atoms with Crippen molar-refractivity contribution >= 4 is 11.9 Å². The number of aromatic amines is 1. The maximum absolute atomic E-state index is 10.7. The Balaban J connectivity index is 2.64. The van der Waals surface area contributed by atoms with Gasteiger partial charge in [0.25, 0.3) is 5.56 Å². The summed E-state index contributed by atoms with van der Waals surface area (Å²) < 4.78 is 0. The van der Waals surface area contributed by atoms with Gasteiger partial charge in [0, 0.05) is 12.3 Å². The van der Waals surface area contributed by atoms with E-state index in [1.165, 1.54) is 12.3 Å². The molecule has 1 aromatic heterocycles. The van der Waals surface area contributed by atoms with Crippen LogP contribution in [0.2, 0.25) is 0 Å². The molecule has 6 heteroatoms. The van der Waals surface area contributed by atoms with E-state index in [0.29, 0.717) is 0 Å². The molecule has 12 heavy (non-hydrogen) atoms. The number of nitrogens with zero attached hydrogens (tertiary/aromatic N) is 1. The van der Waals surface area contributed by atoms with Gasteiger partial charge >= 0.3 is 5.97 Å². The van der Waals surface area contributed by atoms with Crippen LogP contribution in [0.25, 0.3) is 0 Å². The highest BCUT2D eigenvalue weighted by molar-refractivity contribution is 5.71. The van der Waals surface area contributed by atoms with Crippen LogP contribution in [0, 0.1) is 0 Å². The summed E-state index contributed by atoms with van der Waals surface area (Å²) in [4.78, 5) is 26.7. The highest BCUT2D eigenvalue weighted by Gasteiger charge is 1.97. The largest absolute Gasteiger partial charge is 0.480 e. The second-order valence-corrected chi connectivity index (χ2v) is 2.03. The second-order valence-electron chi connectivity index (χ2n) is 2.03. The molecule has 0 spiro atoms. The molecule has 0 aliphatic rings. The number of hydrogen-bond donors (Lipinski definition) is 3. The third-order valence-corrected chi connectivity index (χ3v) is 1.08. The summed E-state index contributed by atoms with van der Waals surface area (Å²) in [5.41, 5.74) is -0.321. The first-order valence-electron chi connectivity index (χ1n) is 3.19. The first kappa shape index (κ1) is 8.25. The van der Waals surface area contributed by atoms with Gasteiger partial charge in [0.05, 0.1) is 0 Å². The monoisotopic (exact) mass is 169 g/mol. The minimum Gasteiger partial charge on any atom is -0.480 e. The molecule has 0 saturated carbocycles. The van der Waals surface area contributed by atoms with Crippen molar-refractivity contribution in [1.29, 1.82) is 0 Å². The third kappa shape index (κ3) is 2.41. The lowest BCUT2D eigenvalue weighted by atomic mass is 10.6. The number of anilines is 1. The van der Waals surface area contributed by atoms with Crippen molar-refractivity contribution in [3.63, 3.8) is 0 Å². The zero-order chi connectivity index (χ0) is 8.97. The fourth-order valence-corrected chi connectivity index (χ4v) is 0.619. The Labute approximate surface area is 67.3 Å². The summed E-state index contributed by atoms with van der Waals surface area (Å²) in [6.07, 6.45) is 1.29. The van der Waals surface area contributed by atoms with Crippen molar-refractivity contribution < 1.29 is 9.90 Å². The molecule has 1 heterocycles. The van der Waals surface area contributed by atoms with Crippen LogP contribution in [-0.4, -0.2) is 27.6 Å². The van der Waals surface area contributed by atoms with Crippen molar-refractivity contribution in [3.05, 3.63) is 22.6 Å². The molecule has 3 N–H and O–H groups in total. The normalized spacial score (nSPS) is 9.33. The number of aromatic nitrogens is 2. The molecule has 0 radical (unpaired) electrons. The smallest absolute Gasteiger partial charge is 0.322 e. The maximum Gasteiger partial charge on any atom is 0.322 e. The van der Waals surface area contributed by atoms with E-state index in [-0.39, 0.29) is 18.1 Å². The molecule has 64 valence electrons. The molecule has 0 fully saturated rings. The summed E-state index contributed by atoms with van der Waals surface area (Å²) >= 11 is 0.